The number of methoxy groups -OCH3 is 1. The molecule has 1 aromatic rings. The first-order chi connectivity index (χ1) is 7.74. The van der Waals surface area contributed by atoms with Crippen LogP contribution in [0.15, 0.2) is 18.2 Å². The molecule has 0 saturated carbocycles. The van der Waals surface area contributed by atoms with Gasteiger partial charge in [0.25, 0.3) is 0 Å². The molecule has 0 radical (unpaired) electrons. The van der Waals surface area contributed by atoms with Gasteiger partial charge in [0.1, 0.15) is 5.75 Å². The minimum atomic E-state index is 0.121. The summed E-state index contributed by atoms with van der Waals surface area (Å²) in [5.74, 6) is 1.02. The van der Waals surface area contributed by atoms with Gasteiger partial charge >= 0.3 is 0 Å². The van der Waals surface area contributed by atoms with E-state index in [2.05, 4.69) is 24.4 Å². The van der Waals surface area contributed by atoms with E-state index in [1.807, 2.05) is 12.1 Å². The minimum Gasteiger partial charge on any atom is -0.496 e. The molecule has 0 amide bonds. The number of aryl methyl sites for hydroxylation is 1. The van der Waals surface area contributed by atoms with E-state index in [0.29, 0.717) is 0 Å². The number of ether oxygens (including phenoxy) is 1. The van der Waals surface area contributed by atoms with Gasteiger partial charge in [0, 0.05) is 18.2 Å². The van der Waals surface area contributed by atoms with Crippen molar-refractivity contribution in [3.8, 4) is 11.8 Å². The molecule has 1 N–H and O–H groups in total. The van der Waals surface area contributed by atoms with Gasteiger partial charge in [0.05, 0.1) is 19.1 Å². The van der Waals surface area contributed by atoms with Gasteiger partial charge in [-0.3, -0.25) is 0 Å². The molecule has 0 aliphatic carbocycles. The highest BCUT2D eigenvalue weighted by Gasteiger charge is 2.27. The zero-order valence-corrected chi connectivity index (χ0v) is 9.66. The number of benzene rings is 1. The normalized spacial score (nSPS) is 24.1. The molecule has 1 saturated heterocycles. The molecule has 1 aliphatic rings. The molecular weight excluding hydrogens is 200 g/mol. The Morgan fingerprint density at radius 2 is 2.31 bits per heavy atom. The Hall–Kier alpha value is -1.53. The molecule has 1 fully saturated rings. The van der Waals surface area contributed by atoms with E-state index in [1.54, 1.807) is 7.11 Å². The molecule has 0 bridgehead atoms. The molecule has 2 rings (SSSR count). The Kier molecular flexibility index (Phi) is 3.12. The fourth-order valence-corrected chi connectivity index (χ4v) is 2.20. The van der Waals surface area contributed by atoms with Crippen LogP contribution in [0.4, 0.5) is 0 Å². The number of nitrogens with zero attached hydrogens (tertiary/aromatic N) is 1. The molecule has 84 valence electrons. The van der Waals surface area contributed by atoms with Crippen molar-refractivity contribution in [2.24, 2.45) is 5.92 Å². The highest BCUT2D eigenvalue weighted by atomic mass is 16.5. The number of rotatable bonds is 2. The van der Waals surface area contributed by atoms with Gasteiger partial charge in [-0.15, -0.1) is 0 Å². The average molecular weight is 216 g/mol. The van der Waals surface area contributed by atoms with Crippen molar-refractivity contribution in [1.29, 1.82) is 5.26 Å². The van der Waals surface area contributed by atoms with Crippen LogP contribution in [0, 0.1) is 24.2 Å². The predicted molar refractivity (Wildman–Crippen MR) is 62.2 cm³/mol. The van der Waals surface area contributed by atoms with E-state index in [1.165, 1.54) is 11.1 Å². The molecule has 1 heterocycles. The maximum absolute atomic E-state index is 8.89. The van der Waals surface area contributed by atoms with E-state index < -0.39 is 0 Å². The van der Waals surface area contributed by atoms with Crippen molar-refractivity contribution in [2.75, 3.05) is 13.7 Å². The Bertz CT molecular complexity index is 422. The summed E-state index contributed by atoms with van der Waals surface area (Å²) in [5.41, 5.74) is 2.39. The molecule has 0 aromatic heterocycles. The smallest absolute Gasteiger partial charge is 0.123 e. The van der Waals surface area contributed by atoms with Crippen LogP contribution in [0.1, 0.15) is 23.6 Å². The predicted octanol–water partition coefficient (Wildman–Crippen LogP) is 2.18. The maximum atomic E-state index is 8.89. The molecule has 1 aliphatic heterocycles. The summed E-state index contributed by atoms with van der Waals surface area (Å²) in [7, 11) is 1.69. The lowest BCUT2D eigenvalue weighted by Crippen LogP contribution is -2.14. The highest BCUT2D eigenvalue weighted by molar-refractivity contribution is 5.39. The summed E-state index contributed by atoms with van der Waals surface area (Å²) in [5, 5.41) is 12.3. The third kappa shape index (κ3) is 2.02. The van der Waals surface area contributed by atoms with E-state index in [4.69, 9.17) is 10.00 Å². The van der Waals surface area contributed by atoms with Gasteiger partial charge in [0.2, 0.25) is 0 Å². The fourth-order valence-electron chi connectivity index (χ4n) is 2.20. The van der Waals surface area contributed by atoms with E-state index >= 15 is 0 Å². The Morgan fingerprint density at radius 3 is 2.94 bits per heavy atom. The van der Waals surface area contributed by atoms with Crippen LogP contribution in [-0.4, -0.2) is 13.7 Å². The Labute approximate surface area is 96.0 Å². The Morgan fingerprint density at radius 1 is 1.50 bits per heavy atom. The molecule has 3 heteroatoms. The van der Waals surface area contributed by atoms with Gasteiger partial charge < -0.3 is 10.1 Å². The van der Waals surface area contributed by atoms with Crippen molar-refractivity contribution in [2.45, 2.75) is 19.4 Å². The van der Waals surface area contributed by atoms with Crippen LogP contribution in [-0.2, 0) is 0 Å². The zero-order chi connectivity index (χ0) is 11.5. The molecule has 2 atom stereocenters. The van der Waals surface area contributed by atoms with Gasteiger partial charge in [-0.05, 0) is 19.4 Å². The second-order valence-electron chi connectivity index (χ2n) is 4.27. The van der Waals surface area contributed by atoms with Crippen LogP contribution in [0.5, 0.6) is 5.75 Å². The van der Waals surface area contributed by atoms with E-state index in [9.17, 15) is 0 Å². The first-order valence-electron chi connectivity index (χ1n) is 5.52. The summed E-state index contributed by atoms with van der Waals surface area (Å²) in [4.78, 5) is 0. The summed E-state index contributed by atoms with van der Waals surface area (Å²) < 4.78 is 5.36. The third-order valence-electron chi connectivity index (χ3n) is 3.07. The van der Waals surface area contributed by atoms with Crippen molar-refractivity contribution in [3.05, 3.63) is 29.3 Å². The summed E-state index contributed by atoms with van der Waals surface area (Å²) >= 11 is 0. The van der Waals surface area contributed by atoms with Crippen LogP contribution in [0.2, 0.25) is 0 Å². The summed E-state index contributed by atoms with van der Waals surface area (Å²) in [6.45, 7) is 2.85. The molecule has 3 nitrogen and oxygen atoms in total. The largest absolute Gasteiger partial charge is 0.496 e. The highest BCUT2D eigenvalue weighted by Crippen LogP contribution is 2.33. The number of nitrogens with one attached hydrogen (secondary N) is 1. The van der Waals surface area contributed by atoms with Gasteiger partial charge in [-0.25, -0.2) is 0 Å². The summed E-state index contributed by atoms with van der Waals surface area (Å²) in [6, 6.07) is 8.73. The molecular formula is C13H16N2O. The summed E-state index contributed by atoms with van der Waals surface area (Å²) in [6.07, 6.45) is 0.871. The number of nitriles is 1. The van der Waals surface area contributed by atoms with Crippen LogP contribution >= 0.6 is 0 Å². The third-order valence-corrected chi connectivity index (χ3v) is 3.07. The van der Waals surface area contributed by atoms with Gasteiger partial charge in [-0.2, -0.15) is 5.26 Å². The molecule has 16 heavy (non-hydrogen) atoms. The SMILES string of the molecule is COc1ccc(C)cc1C1CC(C#N)CN1. The second kappa shape index (κ2) is 4.54. The van der Waals surface area contributed by atoms with Crippen LogP contribution in [0.3, 0.4) is 0 Å². The first-order valence-corrected chi connectivity index (χ1v) is 5.52. The standard InChI is InChI=1S/C13H16N2O/c1-9-3-4-13(16-2)11(5-9)12-6-10(7-14)8-15-12/h3-5,10,12,15H,6,8H2,1-2H3. The second-order valence-corrected chi connectivity index (χ2v) is 4.27. The fraction of sp³-hybridized carbons (Fsp3) is 0.462. The zero-order valence-electron chi connectivity index (χ0n) is 9.66. The van der Waals surface area contributed by atoms with E-state index in [-0.39, 0.29) is 12.0 Å². The number of hydrogen-bond acceptors (Lipinski definition) is 3. The van der Waals surface area contributed by atoms with Crippen LogP contribution < -0.4 is 10.1 Å². The topological polar surface area (TPSA) is 45.0 Å². The van der Waals surface area contributed by atoms with Crippen molar-refractivity contribution in [3.63, 3.8) is 0 Å². The van der Waals surface area contributed by atoms with Crippen LogP contribution in [0.25, 0.3) is 0 Å². The van der Waals surface area contributed by atoms with Crippen molar-refractivity contribution < 1.29 is 4.74 Å². The molecule has 2 unspecified atom stereocenters. The lowest BCUT2D eigenvalue weighted by Gasteiger charge is -2.15. The van der Waals surface area contributed by atoms with Crippen molar-refractivity contribution in [1.82, 2.24) is 5.32 Å². The van der Waals surface area contributed by atoms with Crippen molar-refractivity contribution >= 4 is 0 Å². The Balaban J connectivity index is 2.27. The van der Waals surface area contributed by atoms with E-state index in [0.717, 1.165) is 18.7 Å². The lowest BCUT2D eigenvalue weighted by atomic mass is 9.98. The average Bonchev–Trinajstić information content (AvgIpc) is 2.77. The quantitative estimate of drug-likeness (QED) is 0.824. The van der Waals surface area contributed by atoms with Gasteiger partial charge in [-0.1, -0.05) is 17.7 Å². The van der Waals surface area contributed by atoms with Gasteiger partial charge in [0.15, 0.2) is 0 Å². The minimum absolute atomic E-state index is 0.121. The molecule has 0 spiro atoms. The lowest BCUT2D eigenvalue weighted by molar-refractivity contribution is 0.403. The number of hydrogen-bond donors (Lipinski definition) is 1. The molecule has 1 aromatic carbocycles. The maximum Gasteiger partial charge on any atom is 0.123 e. The first kappa shape index (κ1) is 11.0. The monoisotopic (exact) mass is 216 g/mol.